The number of hydrogen-bond acceptors (Lipinski definition) is 7. The van der Waals surface area contributed by atoms with Crippen LogP contribution in [0.2, 0.25) is 0 Å². The molecule has 0 bridgehead atoms. The van der Waals surface area contributed by atoms with Crippen molar-refractivity contribution in [1.29, 1.82) is 5.26 Å². The first kappa shape index (κ1) is 16.7. The predicted octanol–water partition coefficient (Wildman–Crippen LogP) is 1.61. The van der Waals surface area contributed by atoms with Gasteiger partial charge in [0.25, 0.3) is 5.56 Å². The fourth-order valence-corrected chi connectivity index (χ4v) is 2.99. The molecule has 25 heavy (non-hydrogen) atoms. The van der Waals surface area contributed by atoms with Crippen molar-refractivity contribution in [2.45, 2.75) is 12.1 Å². The number of H-pyrrole nitrogens is 1. The van der Waals surface area contributed by atoms with E-state index in [1.807, 2.05) is 12.1 Å². The van der Waals surface area contributed by atoms with Gasteiger partial charge in [-0.05, 0) is 6.92 Å². The molecule has 0 unspecified atom stereocenters. The van der Waals surface area contributed by atoms with Crippen molar-refractivity contribution in [1.82, 2.24) is 19.6 Å². The number of nitriles is 1. The summed E-state index contributed by atoms with van der Waals surface area (Å²) in [6.45, 7) is 1.99. The van der Waals surface area contributed by atoms with Gasteiger partial charge in [0.15, 0.2) is 5.16 Å². The van der Waals surface area contributed by atoms with E-state index in [0.29, 0.717) is 11.3 Å². The highest BCUT2D eigenvalue weighted by Crippen LogP contribution is 2.21. The van der Waals surface area contributed by atoms with E-state index < -0.39 is 11.5 Å². The van der Waals surface area contributed by atoms with Crippen LogP contribution in [0.5, 0.6) is 0 Å². The van der Waals surface area contributed by atoms with Crippen molar-refractivity contribution >= 4 is 23.5 Å². The number of fused-ring (bicyclic) bond motifs is 1. The normalized spacial score (nSPS) is 10.6. The second-order valence-corrected chi connectivity index (χ2v) is 5.82. The van der Waals surface area contributed by atoms with Crippen LogP contribution in [0.25, 0.3) is 17.0 Å². The summed E-state index contributed by atoms with van der Waals surface area (Å²) in [5.41, 5.74) is 0.335. The Kier molecular flexibility index (Phi) is 4.81. The Morgan fingerprint density at radius 2 is 2.16 bits per heavy atom. The Morgan fingerprint density at radius 1 is 1.40 bits per heavy atom. The number of rotatable bonds is 5. The van der Waals surface area contributed by atoms with Crippen molar-refractivity contribution in [3.63, 3.8) is 0 Å². The molecule has 0 atom stereocenters. The molecule has 8 nitrogen and oxygen atoms in total. The van der Waals surface area contributed by atoms with Crippen molar-refractivity contribution in [2.24, 2.45) is 0 Å². The number of carbonyl (C=O) groups excluding carboxylic acids is 1. The molecule has 0 aliphatic heterocycles. The number of benzene rings is 1. The smallest absolute Gasteiger partial charge is 0.316 e. The number of nitrogens with one attached hydrogen (secondary N) is 1. The van der Waals surface area contributed by atoms with E-state index in [0.717, 1.165) is 11.8 Å². The summed E-state index contributed by atoms with van der Waals surface area (Å²) in [6, 6.07) is 10.9. The maximum atomic E-state index is 12.7. The number of nitrogens with zero attached hydrogens (tertiary/aromatic N) is 4. The lowest BCUT2D eigenvalue weighted by atomic mass is 10.1. The number of hydrogen-bond donors (Lipinski definition) is 1. The van der Waals surface area contributed by atoms with E-state index in [2.05, 4.69) is 15.2 Å². The van der Waals surface area contributed by atoms with Gasteiger partial charge in [-0.1, -0.05) is 42.1 Å². The summed E-state index contributed by atoms with van der Waals surface area (Å²) in [5.74, 6) is -0.206. The standard InChI is InChI=1S/C16H13N5O3S/c1-2-24-12(22)9-25-16-20-19-15-18-13(10-6-4-3-5-7-10)11(8-17)14(23)21(15)16/h3-7H,2,9H2,1H3,(H,18,19). The van der Waals surface area contributed by atoms with Gasteiger partial charge in [-0.25, -0.2) is 14.5 Å². The molecule has 0 fully saturated rings. The van der Waals surface area contributed by atoms with E-state index in [1.165, 1.54) is 4.40 Å². The van der Waals surface area contributed by atoms with Crippen LogP contribution in [0.4, 0.5) is 0 Å². The molecule has 0 amide bonds. The minimum Gasteiger partial charge on any atom is -0.465 e. The summed E-state index contributed by atoms with van der Waals surface area (Å²) < 4.78 is 6.04. The zero-order valence-corrected chi connectivity index (χ0v) is 14.0. The second kappa shape index (κ2) is 7.19. The van der Waals surface area contributed by atoms with Gasteiger partial charge in [-0.2, -0.15) is 5.26 Å². The third-order valence-corrected chi connectivity index (χ3v) is 4.22. The molecule has 9 heteroatoms. The number of esters is 1. The first-order chi connectivity index (χ1) is 12.2. The zero-order valence-electron chi connectivity index (χ0n) is 13.2. The van der Waals surface area contributed by atoms with Crippen LogP contribution < -0.4 is 5.56 Å². The van der Waals surface area contributed by atoms with Crippen molar-refractivity contribution in [3.8, 4) is 17.3 Å². The van der Waals surface area contributed by atoms with E-state index in [9.17, 15) is 14.9 Å². The summed E-state index contributed by atoms with van der Waals surface area (Å²) in [7, 11) is 0. The van der Waals surface area contributed by atoms with Crippen LogP contribution in [-0.4, -0.2) is 37.9 Å². The molecule has 0 aliphatic carbocycles. The molecule has 0 aliphatic rings. The molecule has 3 rings (SSSR count). The molecule has 2 aromatic heterocycles. The maximum absolute atomic E-state index is 12.7. The van der Waals surface area contributed by atoms with Gasteiger partial charge in [0.05, 0.1) is 18.1 Å². The van der Waals surface area contributed by atoms with E-state index in [4.69, 9.17) is 4.74 Å². The average molecular weight is 355 g/mol. The molecule has 0 spiro atoms. The topological polar surface area (TPSA) is 113 Å². The average Bonchev–Trinajstić information content (AvgIpc) is 3.04. The molecular weight excluding hydrogens is 342 g/mol. The predicted molar refractivity (Wildman–Crippen MR) is 91.1 cm³/mol. The molecule has 3 aromatic rings. The Labute approximate surface area is 146 Å². The Hall–Kier alpha value is -3.12. The first-order valence-corrected chi connectivity index (χ1v) is 8.39. The third-order valence-electron chi connectivity index (χ3n) is 3.31. The molecule has 0 saturated heterocycles. The molecule has 0 saturated carbocycles. The summed E-state index contributed by atoms with van der Waals surface area (Å²) in [4.78, 5) is 28.6. The summed E-state index contributed by atoms with van der Waals surface area (Å²) >= 11 is 1.04. The number of ether oxygens (including phenoxy) is 1. The van der Waals surface area contributed by atoms with Crippen LogP contribution >= 0.6 is 11.8 Å². The fourth-order valence-electron chi connectivity index (χ4n) is 2.25. The van der Waals surface area contributed by atoms with Crippen LogP contribution in [0.1, 0.15) is 12.5 Å². The maximum Gasteiger partial charge on any atom is 0.316 e. The van der Waals surface area contributed by atoms with Gasteiger partial charge in [0.1, 0.15) is 11.6 Å². The minimum atomic E-state index is -0.536. The Bertz CT molecular complexity index is 1020. The monoisotopic (exact) mass is 355 g/mol. The lowest BCUT2D eigenvalue weighted by Crippen LogP contribution is -2.20. The SMILES string of the molecule is CCOC(=O)CSc1n[nH]c2nc(-c3ccccc3)c(C#N)c(=O)n12. The van der Waals surface area contributed by atoms with Crippen molar-refractivity contribution < 1.29 is 9.53 Å². The van der Waals surface area contributed by atoms with Gasteiger partial charge in [0.2, 0.25) is 5.78 Å². The molecule has 126 valence electrons. The number of aromatic nitrogens is 4. The molecule has 0 radical (unpaired) electrons. The second-order valence-electron chi connectivity index (χ2n) is 4.88. The number of thioether (sulfide) groups is 1. The summed E-state index contributed by atoms with van der Waals surface area (Å²) in [5, 5.41) is 16.4. The Balaban J connectivity index is 2.07. The van der Waals surface area contributed by atoms with Gasteiger partial charge in [-0.3, -0.25) is 9.59 Å². The quantitative estimate of drug-likeness (QED) is 0.546. The van der Waals surface area contributed by atoms with Crippen LogP contribution in [0, 0.1) is 11.3 Å². The molecule has 1 N–H and O–H groups in total. The number of aromatic amines is 1. The largest absolute Gasteiger partial charge is 0.465 e. The number of carbonyl (C=O) groups is 1. The highest BCUT2D eigenvalue weighted by Gasteiger charge is 2.19. The van der Waals surface area contributed by atoms with E-state index in [1.54, 1.807) is 31.2 Å². The van der Waals surface area contributed by atoms with Gasteiger partial charge in [-0.15, -0.1) is 5.10 Å². The van der Waals surface area contributed by atoms with E-state index in [-0.39, 0.29) is 28.9 Å². The molecular formula is C16H13N5O3S. The first-order valence-electron chi connectivity index (χ1n) is 7.40. The fraction of sp³-hybridized carbons (Fsp3) is 0.188. The Morgan fingerprint density at radius 3 is 2.84 bits per heavy atom. The van der Waals surface area contributed by atoms with Crippen molar-refractivity contribution in [2.75, 3.05) is 12.4 Å². The van der Waals surface area contributed by atoms with Gasteiger partial charge in [0, 0.05) is 5.56 Å². The lowest BCUT2D eigenvalue weighted by molar-refractivity contribution is -0.139. The molecule has 1 aromatic carbocycles. The van der Waals surface area contributed by atoms with Crippen LogP contribution in [-0.2, 0) is 9.53 Å². The van der Waals surface area contributed by atoms with Gasteiger partial charge >= 0.3 is 5.97 Å². The third kappa shape index (κ3) is 3.25. The van der Waals surface area contributed by atoms with Crippen LogP contribution in [0.15, 0.2) is 40.3 Å². The highest BCUT2D eigenvalue weighted by molar-refractivity contribution is 7.99. The highest BCUT2D eigenvalue weighted by atomic mass is 32.2. The molecule has 2 heterocycles. The van der Waals surface area contributed by atoms with Gasteiger partial charge < -0.3 is 4.74 Å². The minimum absolute atomic E-state index is 0.00254. The summed E-state index contributed by atoms with van der Waals surface area (Å²) in [6.07, 6.45) is 0. The van der Waals surface area contributed by atoms with Crippen molar-refractivity contribution in [3.05, 3.63) is 46.2 Å². The zero-order chi connectivity index (χ0) is 17.8. The lowest BCUT2D eigenvalue weighted by Gasteiger charge is -2.04. The van der Waals surface area contributed by atoms with E-state index >= 15 is 0 Å². The van der Waals surface area contributed by atoms with Crippen LogP contribution in [0.3, 0.4) is 0 Å².